The van der Waals surface area contributed by atoms with Gasteiger partial charge in [-0.25, -0.2) is 18.4 Å². The Morgan fingerprint density at radius 2 is 1.67 bits per heavy atom. The van der Waals surface area contributed by atoms with Crippen molar-refractivity contribution < 1.29 is 22.6 Å². The van der Waals surface area contributed by atoms with E-state index in [4.69, 9.17) is 19.2 Å². The summed E-state index contributed by atoms with van der Waals surface area (Å²) < 4.78 is 43.3. The fourth-order valence-electron chi connectivity index (χ4n) is 3.37. The number of ether oxygens (including phenoxy) is 3. The standard InChI is InChI=1S/C22H22N4O5S2/c1-29-17-9-13(10-18(30-2)21(17)31-3)24-22-23-11-19-20(25-22)15(12-32-19)14-7-5-6-8-16(14)26-33(4,27)28/h5-12,26H,1-4H3,(H,23,24,25). The Kier molecular flexibility index (Phi) is 6.25. The van der Waals surface area contributed by atoms with Crippen LogP contribution in [0.1, 0.15) is 0 Å². The fraction of sp³-hybridized carbons (Fsp3) is 0.182. The predicted molar refractivity (Wildman–Crippen MR) is 131 cm³/mol. The second-order valence-corrected chi connectivity index (χ2v) is 9.67. The smallest absolute Gasteiger partial charge is 0.229 e. The summed E-state index contributed by atoms with van der Waals surface area (Å²) in [4.78, 5) is 9.10. The molecular formula is C22H22N4O5S2. The number of hydrogen-bond acceptors (Lipinski definition) is 9. The highest BCUT2D eigenvalue weighted by atomic mass is 32.2. The van der Waals surface area contributed by atoms with Crippen molar-refractivity contribution in [3.8, 4) is 28.4 Å². The van der Waals surface area contributed by atoms with E-state index < -0.39 is 10.0 Å². The lowest BCUT2D eigenvalue weighted by Gasteiger charge is -2.14. The highest BCUT2D eigenvalue weighted by Crippen LogP contribution is 2.41. The van der Waals surface area contributed by atoms with E-state index in [9.17, 15) is 8.42 Å². The molecule has 0 amide bonds. The molecule has 0 radical (unpaired) electrons. The van der Waals surface area contributed by atoms with E-state index in [1.165, 1.54) is 11.3 Å². The molecule has 9 nitrogen and oxygen atoms in total. The normalized spacial score (nSPS) is 11.3. The lowest BCUT2D eigenvalue weighted by molar-refractivity contribution is 0.324. The maximum absolute atomic E-state index is 11.8. The molecule has 0 aliphatic carbocycles. The van der Waals surface area contributed by atoms with Crippen molar-refractivity contribution in [1.29, 1.82) is 0 Å². The van der Waals surface area contributed by atoms with Gasteiger partial charge in [-0.2, -0.15) is 0 Å². The van der Waals surface area contributed by atoms with Crippen LogP contribution >= 0.6 is 11.3 Å². The van der Waals surface area contributed by atoms with E-state index in [1.807, 2.05) is 17.5 Å². The molecule has 11 heteroatoms. The van der Waals surface area contributed by atoms with Gasteiger partial charge in [0.05, 0.1) is 49.7 Å². The molecule has 0 bridgehead atoms. The molecule has 2 aromatic heterocycles. The highest BCUT2D eigenvalue weighted by molar-refractivity contribution is 7.92. The van der Waals surface area contributed by atoms with Gasteiger partial charge < -0.3 is 19.5 Å². The van der Waals surface area contributed by atoms with Gasteiger partial charge in [-0.15, -0.1) is 11.3 Å². The number of anilines is 3. The quantitative estimate of drug-likeness (QED) is 0.374. The number of nitrogens with one attached hydrogen (secondary N) is 2. The fourth-order valence-corrected chi connectivity index (χ4v) is 4.81. The summed E-state index contributed by atoms with van der Waals surface area (Å²) in [7, 11) is 1.19. The topological polar surface area (TPSA) is 112 Å². The summed E-state index contributed by atoms with van der Waals surface area (Å²) in [6.07, 6.45) is 2.85. The summed E-state index contributed by atoms with van der Waals surface area (Å²) in [5.41, 5.74) is 3.37. The third-order valence-corrected chi connectivity index (χ3v) is 6.24. The van der Waals surface area contributed by atoms with Gasteiger partial charge in [0.1, 0.15) is 0 Å². The first-order chi connectivity index (χ1) is 15.8. The average Bonchev–Trinajstić information content (AvgIpc) is 3.20. The zero-order valence-corrected chi connectivity index (χ0v) is 20.0. The van der Waals surface area contributed by atoms with Gasteiger partial charge >= 0.3 is 0 Å². The van der Waals surface area contributed by atoms with Crippen LogP contribution in [0.15, 0.2) is 48.0 Å². The molecule has 2 N–H and O–H groups in total. The molecule has 0 unspecified atom stereocenters. The van der Waals surface area contributed by atoms with Crippen molar-refractivity contribution in [2.24, 2.45) is 0 Å². The van der Waals surface area contributed by atoms with E-state index in [0.717, 1.165) is 22.1 Å². The van der Waals surface area contributed by atoms with Crippen molar-refractivity contribution >= 4 is 48.9 Å². The van der Waals surface area contributed by atoms with E-state index in [-0.39, 0.29) is 0 Å². The van der Waals surface area contributed by atoms with Crippen LogP contribution in [-0.4, -0.2) is 46.0 Å². The average molecular weight is 487 g/mol. The minimum absolute atomic E-state index is 0.366. The molecule has 2 aromatic carbocycles. The van der Waals surface area contributed by atoms with Crippen molar-refractivity contribution in [2.45, 2.75) is 0 Å². The third-order valence-electron chi connectivity index (χ3n) is 4.75. The van der Waals surface area contributed by atoms with Gasteiger partial charge in [-0.1, -0.05) is 18.2 Å². The van der Waals surface area contributed by atoms with Gasteiger partial charge in [-0.05, 0) is 6.07 Å². The summed E-state index contributed by atoms with van der Waals surface area (Å²) >= 11 is 1.48. The monoisotopic (exact) mass is 486 g/mol. The van der Waals surface area contributed by atoms with Gasteiger partial charge in [0, 0.05) is 34.3 Å². The molecule has 4 rings (SSSR count). The van der Waals surface area contributed by atoms with Gasteiger partial charge in [-0.3, -0.25) is 4.72 Å². The lowest BCUT2D eigenvalue weighted by atomic mass is 10.1. The SMILES string of the molecule is COc1cc(Nc2ncc3scc(-c4ccccc4NS(C)(=O)=O)c3n2)cc(OC)c1OC. The minimum Gasteiger partial charge on any atom is -0.493 e. The van der Waals surface area contributed by atoms with Crippen molar-refractivity contribution in [3.63, 3.8) is 0 Å². The van der Waals surface area contributed by atoms with Crippen LogP contribution < -0.4 is 24.2 Å². The summed E-state index contributed by atoms with van der Waals surface area (Å²) in [5.74, 6) is 1.84. The number of nitrogens with zero attached hydrogens (tertiary/aromatic N) is 2. The van der Waals surface area contributed by atoms with Crippen LogP contribution in [0.2, 0.25) is 0 Å². The first-order valence-electron chi connectivity index (χ1n) is 9.71. The van der Waals surface area contributed by atoms with E-state index in [0.29, 0.717) is 40.1 Å². The minimum atomic E-state index is -3.44. The summed E-state index contributed by atoms with van der Waals surface area (Å²) in [5, 5.41) is 5.11. The van der Waals surface area contributed by atoms with E-state index in [1.54, 1.807) is 51.8 Å². The van der Waals surface area contributed by atoms with Gasteiger partial charge in [0.15, 0.2) is 11.5 Å². The maximum Gasteiger partial charge on any atom is 0.229 e. The van der Waals surface area contributed by atoms with Crippen LogP contribution in [0.4, 0.5) is 17.3 Å². The molecule has 0 saturated carbocycles. The molecule has 0 aliphatic heterocycles. The zero-order chi connectivity index (χ0) is 23.6. The van der Waals surface area contributed by atoms with E-state index in [2.05, 4.69) is 15.0 Å². The molecule has 0 fully saturated rings. The van der Waals surface area contributed by atoms with Crippen molar-refractivity contribution in [1.82, 2.24) is 9.97 Å². The first kappa shape index (κ1) is 22.6. The second kappa shape index (κ2) is 9.12. The Balaban J connectivity index is 1.75. The second-order valence-electron chi connectivity index (χ2n) is 7.01. The van der Waals surface area contributed by atoms with Gasteiger partial charge in [0.25, 0.3) is 0 Å². The lowest BCUT2D eigenvalue weighted by Crippen LogP contribution is -2.10. The van der Waals surface area contributed by atoms with Crippen LogP contribution in [0.25, 0.3) is 21.3 Å². The number of methoxy groups -OCH3 is 3. The summed E-state index contributed by atoms with van der Waals surface area (Å²) in [6, 6.07) is 10.7. The molecule has 4 aromatic rings. The van der Waals surface area contributed by atoms with Crippen LogP contribution in [0.5, 0.6) is 17.2 Å². The Hall–Kier alpha value is -3.57. The number of thiophene rings is 1. The van der Waals surface area contributed by atoms with Crippen molar-refractivity contribution in [3.05, 3.63) is 48.0 Å². The highest BCUT2D eigenvalue weighted by Gasteiger charge is 2.17. The molecule has 33 heavy (non-hydrogen) atoms. The number of aromatic nitrogens is 2. The molecule has 2 heterocycles. The number of fused-ring (bicyclic) bond motifs is 1. The first-order valence-corrected chi connectivity index (χ1v) is 12.5. The number of benzene rings is 2. The maximum atomic E-state index is 11.8. The Morgan fingerprint density at radius 3 is 2.30 bits per heavy atom. The third kappa shape index (κ3) is 4.78. The van der Waals surface area contributed by atoms with Crippen molar-refractivity contribution in [2.75, 3.05) is 37.6 Å². The number of para-hydroxylation sites is 1. The Bertz CT molecular complexity index is 1390. The van der Waals surface area contributed by atoms with Crippen LogP contribution in [0, 0.1) is 0 Å². The molecule has 0 spiro atoms. The van der Waals surface area contributed by atoms with Crippen LogP contribution in [-0.2, 0) is 10.0 Å². The van der Waals surface area contributed by atoms with Gasteiger partial charge in [0.2, 0.25) is 21.7 Å². The molecule has 0 saturated heterocycles. The largest absolute Gasteiger partial charge is 0.493 e. The predicted octanol–water partition coefficient (Wildman–Crippen LogP) is 4.50. The number of rotatable bonds is 8. The Morgan fingerprint density at radius 1 is 0.970 bits per heavy atom. The Labute approximate surface area is 195 Å². The summed E-state index contributed by atoms with van der Waals surface area (Å²) in [6.45, 7) is 0. The van der Waals surface area contributed by atoms with E-state index >= 15 is 0 Å². The molecular weight excluding hydrogens is 464 g/mol. The molecule has 172 valence electrons. The van der Waals surface area contributed by atoms with Crippen LogP contribution in [0.3, 0.4) is 0 Å². The number of sulfonamides is 1. The molecule has 0 atom stereocenters. The molecule has 0 aliphatic rings. The zero-order valence-electron chi connectivity index (χ0n) is 18.4. The number of hydrogen-bond donors (Lipinski definition) is 2.